The lowest BCUT2D eigenvalue weighted by Crippen LogP contribution is -2.49. The molecule has 1 heterocycles. The molecule has 1 aliphatic heterocycles. The number of rotatable bonds is 7. The van der Waals surface area contributed by atoms with Crippen molar-refractivity contribution in [3.05, 3.63) is 131 Å². The Morgan fingerprint density at radius 2 is 1.24 bits per heavy atom. The van der Waals surface area contributed by atoms with Crippen molar-refractivity contribution in [1.29, 1.82) is 0 Å². The Labute approximate surface area is 228 Å². The summed E-state index contributed by atoms with van der Waals surface area (Å²) in [7, 11) is -3.67. The number of nitrogens with zero attached hydrogens (tertiary/aromatic N) is 2. The number of piperazine rings is 1. The second-order valence-electron chi connectivity index (χ2n) is 9.12. The molecule has 4 aromatic carbocycles. The highest BCUT2D eigenvalue weighted by atomic mass is 35.5. The van der Waals surface area contributed by atoms with Crippen molar-refractivity contribution >= 4 is 33.2 Å². The fraction of sp³-hybridized carbons (Fsp3) is 0.167. The Hall–Kier alpha value is -3.49. The van der Waals surface area contributed by atoms with Crippen molar-refractivity contribution in [1.82, 2.24) is 9.21 Å². The van der Waals surface area contributed by atoms with E-state index in [1.165, 1.54) is 27.6 Å². The molecule has 4 aromatic rings. The number of benzene rings is 4. The first kappa shape index (κ1) is 26.1. The van der Waals surface area contributed by atoms with Crippen LogP contribution in [0.1, 0.15) is 27.5 Å². The van der Waals surface area contributed by atoms with Crippen LogP contribution in [0.2, 0.25) is 5.02 Å². The summed E-state index contributed by atoms with van der Waals surface area (Å²) in [6.45, 7) is 2.01. The molecular formula is C30H28ClN3O3S. The first-order valence-corrected chi connectivity index (χ1v) is 14.3. The maximum atomic E-state index is 13.4. The van der Waals surface area contributed by atoms with E-state index in [4.69, 9.17) is 11.6 Å². The lowest BCUT2D eigenvalue weighted by Gasteiger charge is -2.39. The number of halogens is 1. The molecule has 1 amide bonds. The number of hydrogen-bond donors (Lipinski definition) is 1. The van der Waals surface area contributed by atoms with Gasteiger partial charge in [0.15, 0.2) is 0 Å². The van der Waals surface area contributed by atoms with Gasteiger partial charge in [0.2, 0.25) is 10.0 Å². The molecule has 0 atom stereocenters. The SMILES string of the molecule is O=C(Nc1ccc(S(=O)(=O)N2CCN(C(c3ccccc3)c3ccccc3)CC2)cc1)c1ccccc1Cl. The van der Waals surface area contributed by atoms with Gasteiger partial charge in [0.25, 0.3) is 5.91 Å². The molecule has 6 nitrogen and oxygen atoms in total. The number of sulfonamides is 1. The molecule has 0 aliphatic carbocycles. The van der Waals surface area contributed by atoms with E-state index in [0.717, 1.165) is 0 Å². The van der Waals surface area contributed by atoms with Crippen LogP contribution in [0.15, 0.2) is 114 Å². The third kappa shape index (κ3) is 5.66. The molecule has 1 fully saturated rings. The van der Waals surface area contributed by atoms with Crippen molar-refractivity contribution in [2.45, 2.75) is 10.9 Å². The highest BCUT2D eigenvalue weighted by Crippen LogP contribution is 2.30. The van der Waals surface area contributed by atoms with Gasteiger partial charge in [0.1, 0.15) is 0 Å². The molecule has 38 heavy (non-hydrogen) atoms. The van der Waals surface area contributed by atoms with E-state index in [9.17, 15) is 13.2 Å². The number of hydrogen-bond acceptors (Lipinski definition) is 4. The molecule has 194 valence electrons. The summed E-state index contributed by atoms with van der Waals surface area (Å²) >= 11 is 6.11. The van der Waals surface area contributed by atoms with Crippen LogP contribution in [0.5, 0.6) is 0 Å². The van der Waals surface area contributed by atoms with Crippen molar-refractivity contribution in [3.8, 4) is 0 Å². The molecule has 0 unspecified atom stereocenters. The molecule has 8 heteroatoms. The summed E-state index contributed by atoms with van der Waals surface area (Å²) in [5.41, 5.74) is 3.22. The number of carbonyl (C=O) groups excluding carboxylic acids is 1. The van der Waals surface area contributed by atoms with E-state index in [1.54, 1.807) is 36.4 Å². The van der Waals surface area contributed by atoms with E-state index < -0.39 is 10.0 Å². The van der Waals surface area contributed by atoms with Crippen LogP contribution in [0, 0.1) is 0 Å². The van der Waals surface area contributed by atoms with E-state index >= 15 is 0 Å². The van der Waals surface area contributed by atoms with Gasteiger partial charge < -0.3 is 5.32 Å². The zero-order valence-corrected chi connectivity index (χ0v) is 22.3. The number of anilines is 1. The topological polar surface area (TPSA) is 69.7 Å². The van der Waals surface area contributed by atoms with Crippen molar-refractivity contribution in [2.24, 2.45) is 0 Å². The Balaban J connectivity index is 1.27. The number of nitrogens with one attached hydrogen (secondary N) is 1. The van der Waals surface area contributed by atoms with Gasteiger partial charge in [-0.25, -0.2) is 8.42 Å². The van der Waals surface area contributed by atoms with Gasteiger partial charge in [-0.05, 0) is 47.5 Å². The molecule has 1 aliphatic rings. The van der Waals surface area contributed by atoms with Gasteiger partial charge >= 0.3 is 0 Å². The van der Waals surface area contributed by atoms with E-state index in [0.29, 0.717) is 42.5 Å². The fourth-order valence-electron chi connectivity index (χ4n) is 4.79. The summed E-state index contributed by atoms with van der Waals surface area (Å²) in [5.74, 6) is -0.353. The molecule has 1 N–H and O–H groups in total. The second-order valence-corrected chi connectivity index (χ2v) is 11.5. The molecule has 0 aromatic heterocycles. The quantitative estimate of drug-likeness (QED) is 0.324. The van der Waals surface area contributed by atoms with Crippen LogP contribution in [-0.2, 0) is 10.0 Å². The summed E-state index contributed by atoms with van der Waals surface area (Å²) in [4.78, 5) is 15.1. The van der Waals surface area contributed by atoms with Crippen LogP contribution in [0.25, 0.3) is 0 Å². The van der Waals surface area contributed by atoms with Crippen molar-refractivity contribution in [2.75, 3.05) is 31.5 Å². The summed E-state index contributed by atoms with van der Waals surface area (Å²) < 4.78 is 28.3. The maximum Gasteiger partial charge on any atom is 0.257 e. The van der Waals surface area contributed by atoms with Crippen molar-refractivity contribution < 1.29 is 13.2 Å². The van der Waals surface area contributed by atoms with Gasteiger partial charge in [-0.2, -0.15) is 4.31 Å². The van der Waals surface area contributed by atoms with Gasteiger partial charge in [-0.15, -0.1) is 0 Å². The van der Waals surface area contributed by atoms with Crippen LogP contribution in [0.3, 0.4) is 0 Å². The Morgan fingerprint density at radius 1 is 0.711 bits per heavy atom. The van der Waals surface area contributed by atoms with Crippen LogP contribution in [-0.4, -0.2) is 49.7 Å². The van der Waals surface area contributed by atoms with Gasteiger partial charge in [0, 0.05) is 31.9 Å². The maximum absolute atomic E-state index is 13.4. The third-order valence-corrected chi connectivity index (χ3v) is 8.98. The molecule has 0 radical (unpaired) electrons. The summed E-state index contributed by atoms with van der Waals surface area (Å²) in [5, 5.41) is 3.12. The average Bonchev–Trinajstić information content (AvgIpc) is 2.95. The predicted molar refractivity (Wildman–Crippen MR) is 151 cm³/mol. The molecular weight excluding hydrogens is 518 g/mol. The second kappa shape index (κ2) is 11.5. The van der Waals surface area contributed by atoms with E-state index in [-0.39, 0.29) is 16.8 Å². The molecule has 5 rings (SSSR count). The summed E-state index contributed by atoms with van der Waals surface area (Å²) in [6, 6.07) is 33.7. The zero-order valence-electron chi connectivity index (χ0n) is 20.7. The molecule has 0 bridgehead atoms. The van der Waals surface area contributed by atoms with Crippen LogP contribution >= 0.6 is 11.6 Å². The lowest BCUT2D eigenvalue weighted by atomic mass is 9.96. The Morgan fingerprint density at radius 3 is 1.79 bits per heavy atom. The third-order valence-electron chi connectivity index (χ3n) is 6.74. The smallest absolute Gasteiger partial charge is 0.257 e. The normalized spacial score (nSPS) is 14.9. The first-order valence-electron chi connectivity index (χ1n) is 12.4. The van der Waals surface area contributed by atoms with Gasteiger partial charge in [-0.1, -0.05) is 84.4 Å². The highest BCUT2D eigenvalue weighted by Gasteiger charge is 2.32. The standard InChI is InChI=1S/C30H28ClN3O3S/c31-28-14-8-7-13-27(28)30(35)32-25-15-17-26(18-16-25)38(36,37)34-21-19-33(20-22-34)29(23-9-3-1-4-10-23)24-11-5-2-6-12-24/h1-18,29H,19-22H2,(H,32,35). The van der Waals surface area contributed by atoms with Gasteiger partial charge in [-0.3, -0.25) is 9.69 Å². The Bertz CT molecular complexity index is 1450. The minimum atomic E-state index is -3.67. The lowest BCUT2D eigenvalue weighted by molar-refractivity contribution is 0.102. The molecule has 0 spiro atoms. The monoisotopic (exact) mass is 545 g/mol. The van der Waals surface area contributed by atoms with E-state index in [1.807, 2.05) is 36.4 Å². The Kier molecular flexibility index (Phi) is 7.90. The van der Waals surface area contributed by atoms with Crippen molar-refractivity contribution in [3.63, 3.8) is 0 Å². The largest absolute Gasteiger partial charge is 0.322 e. The zero-order chi connectivity index (χ0) is 26.5. The highest BCUT2D eigenvalue weighted by molar-refractivity contribution is 7.89. The summed E-state index contributed by atoms with van der Waals surface area (Å²) in [6.07, 6.45) is 0. The predicted octanol–water partition coefficient (Wildman–Crippen LogP) is 5.69. The molecule has 0 saturated carbocycles. The van der Waals surface area contributed by atoms with Gasteiger partial charge in [0.05, 0.1) is 21.5 Å². The number of carbonyl (C=O) groups is 1. The average molecular weight is 546 g/mol. The molecule has 1 saturated heterocycles. The minimum absolute atomic E-state index is 0.0586. The van der Waals surface area contributed by atoms with Crippen LogP contribution < -0.4 is 5.32 Å². The number of amides is 1. The minimum Gasteiger partial charge on any atom is -0.322 e. The first-order chi connectivity index (χ1) is 18.4. The fourth-order valence-corrected chi connectivity index (χ4v) is 6.43. The van der Waals surface area contributed by atoms with E-state index in [2.05, 4.69) is 34.5 Å². The van der Waals surface area contributed by atoms with Crippen LogP contribution in [0.4, 0.5) is 5.69 Å².